The zero-order valence-corrected chi connectivity index (χ0v) is 6.49. The summed E-state index contributed by atoms with van der Waals surface area (Å²) in [7, 11) is -0.213. The highest BCUT2D eigenvalue weighted by Crippen LogP contribution is 2.03. The Kier molecular flexibility index (Phi) is 2.21. The van der Waals surface area contributed by atoms with E-state index in [1.807, 2.05) is 0 Å². The van der Waals surface area contributed by atoms with Crippen LogP contribution in [-0.2, 0) is 14.9 Å². The number of hydrogen-bond donors (Lipinski definition) is 2. The Morgan fingerprint density at radius 2 is 2.00 bits per heavy atom. The van der Waals surface area contributed by atoms with Gasteiger partial charge in [0.25, 0.3) is 0 Å². The molecule has 1 fully saturated rings. The van der Waals surface area contributed by atoms with Crippen molar-refractivity contribution in [3.8, 4) is 0 Å². The zero-order valence-electron chi connectivity index (χ0n) is 5.59. The van der Waals surface area contributed by atoms with Crippen LogP contribution >= 0.6 is 0 Å². The predicted octanol–water partition coefficient (Wildman–Crippen LogP) is -0.832. The monoisotopic (exact) mass is 151 g/mol. The van der Waals surface area contributed by atoms with E-state index in [1.54, 1.807) is 7.05 Å². The average molecular weight is 151 g/mol. The summed E-state index contributed by atoms with van der Waals surface area (Å²) in [5.74, 6) is 1.40. The third kappa shape index (κ3) is 1.74. The molecule has 1 aliphatic heterocycles. The Labute approximate surface area is 56.3 Å². The van der Waals surface area contributed by atoms with Gasteiger partial charge in [-0.1, -0.05) is 10.1 Å². The van der Waals surface area contributed by atoms with Gasteiger partial charge < -0.3 is 4.74 Å². The molecule has 0 aromatic carbocycles. The van der Waals surface area contributed by atoms with E-state index in [0.717, 1.165) is 0 Å². The highest BCUT2D eigenvalue weighted by Gasteiger charge is 2.15. The summed E-state index contributed by atoms with van der Waals surface area (Å²) in [6, 6.07) is 0. The maximum atomic E-state index is 11.4. The number of rotatable bonds is 1. The Morgan fingerprint density at radius 1 is 1.44 bits per heavy atom. The van der Waals surface area contributed by atoms with Gasteiger partial charge in [-0.2, -0.15) is 0 Å². The van der Waals surface area contributed by atoms with Crippen molar-refractivity contribution in [3.05, 3.63) is 0 Å². The Morgan fingerprint density at radius 3 is 2.33 bits per heavy atom. The van der Waals surface area contributed by atoms with Crippen LogP contribution in [0.4, 0.5) is 0 Å². The van der Waals surface area contributed by atoms with Gasteiger partial charge in [-0.05, 0) is 7.05 Å². The molecule has 0 amide bonds. The van der Waals surface area contributed by atoms with Crippen LogP contribution in [0.2, 0.25) is 0 Å². The van der Waals surface area contributed by atoms with E-state index in [2.05, 4.69) is 4.72 Å². The van der Waals surface area contributed by atoms with Gasteiger partial charge in [-0.15, -0.1) is 0 Å². The number of hydrogen-bond acceptors (Lipinski definition) is 2. The smallest absolute Gasteiger partial charge is 0.0574 e. The van der Waals surface area contributed by atoms with Crippen molar-refractivity contribution in [2.75, 3.05) is 31.8 Å². The second-order valence-electron chi connectivity index (χ2n) is 2.17. The largest absolute Gasteiger partial charge is 0.380 e. The maximum Gasteiger partial charge on any atom is 0.0574 e. The molecule has 0 saturated carbocycles. The van der Waals surface area contributed by atoms with E-state index < -0.39 is 10.1 Å². The van der Waals surface area contributed by atoms with Crippen molar-refractivity contribution in [1.29, 1.82) is 0 Å². The lowest BCUT2D eigenvalue weighted by Gasteiger charge is -2.27. The van der Waals surface area contributed by atoms with Gasteiger partial charge in [-0.25, -0.2) is 0 Å². The number of ether oxygens (including phenoxy) is 1. The summed E-state index contributed by atoms with van der Waals surface area (Å²) in [6.07, 6.45) is 0. The predicted molar refractivity (Wildman–Crippen MR) is 39.2 cm³/mol. The van der Waals surface area contributed by atoms with Crippen molar-refractivity contribution >= 4 is 10.1 Å². The molecule has 1 rings (SSSR count). The molecule has 56 valence electrons. The van der Waals surface area contributed by atoms with E-state index in [4.69, 9.17) is 4.74 Å². The standard InChI is InChI=1S/C5H13NO2S/c1-6-9(7)4-2-8-3-5-9/h9H,2-5H2,1H3,(H,6,7). The first kappa shape index (κ1) is 7.18. The molecular weight excluding hydrogens is 138 g/mol. The van der Waals surface area contributed by atoms with Crippen molar-refractivity contribution in [2.24, 2.45) is 0 Å². The van der Waals surface area contributed by atoms with Crippen molar-refractivity contribution in [2.45, 2.75) is 0 Å². The Balaban J connectivity index is 2.47. The van der Waals surface area contributed by atoms with Gasteiger partial charge in [0.2, 0.25) is 0 Å². The van der Waals surface area contributed by atoms with E-state index in [0.29, 0.717) is 24.7 Å². The molecular formula is C5H13NO2S. The Bertz CT molecular complexity index is 127. The first-order valence-corrected chi connectivity index (χ1v) is 5.19. The van der Waals surface area contributed by atoms with Crippen LogP contribution < -0.4 is 4.72 Å². The van der Waals surface area contributed by atoms with Gasteiger partial charge in [0.1, 0.15) is 0 Å². The lowest BCUT2D eigenvalue weighted by Crippen LogP contribution is -2.41. The molecule has 0 aromatic rings. The summed E-state index contributed by atoms with van der Waals surface area (Å²) in [4.78, 5) is 0. The van der Waals surface area contributed by atoms with E-state index in [1.165, 1.54) is 0 Å². The highest BCUT2D eigenvalue weighted by atomic mass is 32.3. The SMILES string of the molecule is CN[SH]1(=O)CCOCC1. The van der Waals surface area contributed by atoms with Crippen LogP contribution in [0.5, 0.6) is 0 Å². The first-order chi connectivity index (χ1) is 4.27. The van der Waals surface area contributed by atoms with Crippen LogP contribution in [0, 0.1) is 0 Å². The maximum absolute atomic E-state index is 11.4. The lowest BCUT2D eigenvalue weighted by atomic mass is 10.8. The van der Waals surface area contributed by atoms with Gasteiger partial charge in [0, 0.05) is 11.5 Å². The normalized spacial score (nSPS) is 29.4. The molecule has 0 aliphatic carbocycles. The molecule has 0 bridgehead atoms. The number of nitrogens with one attached hydrogen (secondary N) is 1. The molecule has 0 unspecified atom stereocenters. The van der Waals surface area contributed by atoms with E-state index in [9.17, 15) is 4.21 Å². The third-order valence-electron chi connectivity index (χ3n) is 1.60. The van der Waals surface area contributed by atoms with Gasteiger partial charge in [-0.3, -0.25) is 8.93 Å². The van der Waals surface area contributed by atoms with Crippen LogP contribution in [0.1, 0.15) is 0 Å². The molecule has 1 aliphatic rings. The fourth-order valence-corrected chi connectivity index (χ4v) is 2.38. The summed E-state index contributed by atoms with van der Waals surface area (Å²) < 4.78 is 19.3. The molecule has 1 saturated heterocycles. The molecule has 0 radical (unpaired) electrons. The van der Waals surface area contributed by atoms with Gasteiger partial charge in [0.15, 0.2) is 0 Å². The minimum Gasteiger partial charge on any atom is -0.380 e. The van der Waals surface area contributed by atoms with Crippen molar-refractivity contribution in [1.82, 2.24) is 4.72 Å². The Hall–Kier alpha value is 0.0700. The molecule has 0 spiro atoms. The van der Waals surface area contributed by atoms with Crippen molar-refractivity contribution < 1.29 is 8.95 Å². The number of thiol groups is 1. The molecule has 1 heterocycles. The molecule has 0 atom stereocenters. The fraction of sp³-hybridized carbons (Fsp3) is 1.00. The summed E-state index contributed by atoms with van der Waals surface area (Å²) >= 11 is 0. The van der Waals surface area contributed by atoms with Crippen LogP contribution in [0.3, 0.4) is 0 Å². The van der Waals surface area contributed by atoms with E-state index >= 15 is 0 Å². The van der Waals surface area contributed by atoms with Gasteiger partial charge in [0.05, 0.1) is 13.2 Å². The minimum atomic E-state index is -1.97. The third-order valence-corrected chi connectivity index (χ3v) is 4.23. The van der Waals surface area contributed by atoms with Crippen molar-refractivity contribution in [3.63, 3.8) is 0 Å². The summed E-state index contributed by atoms with van der Waals surface area (Å²) in [5, 5.41) is 0. The molecule has 1 N–H and O–H groups in total. The van der Waals surface area contributed by atoms with Crippen LogP contribution in [0.25, 0.3) is 0 Å². The minimum absolute atomic E-state index is 0.651. The zero-order chi connectivity index (χ0) is 6.74. The summed E-state index contributed by atoms with van der Waals surface area (Å²) in [6.45, 7) is 1.30. The highest BCUT2D eigenvalue weighted by molar-refractivity contribution is 8.01. The quantitative estimate of drug-likeness (QED) is 0.480. The fourth-order valence-electron chi connectivity index (χ4n) is 0.861. The second-order valence-corrected chi connectivity index (χ2v) is 5.29. The lowest BCUT2D eigenvalue weighted by molar-refractivity contribution is 0.157. The average Bonchev–Trinajstić information content (AvgIpc) is 1.90. The van der Waals surface area contributed by atoms with Crippen LogP contribution in [0.15, 0.2) is 0 Å². The molecule has 4 heteroatoms. The molecule has 3 nitrogen and oxygen atoms in total. The topological polar surface area (TPSA) is 38.3 Å². The second kappa shape index (κ2) is 2.77. The van der Waals surface area contributed by atoms with Crippen LogP contribution in [-0.4, -0.2) is 36.0 Å². The summed E-state index contributed by atoms with van der Waals surface area (Å²) in [5.41, 5.74) is 0. The molecule has 0 aromatic heterocycles. The van der Waals surface area contributed by atoms with E-state index in [-0.39, 0.29) is 0 Å². The van der Waals surface area contributed by atoms with Gasteiger partial charge >= 0.3 is 0 Å². The molecule has 9 heavy (non-hydrogen) atoms. The first-order valence-electron chi connectivity index (χ1n) is 3.12.